The van der Waals surface area contributed by atoms with Crippen molar-refractivity contribution in [3.8, 4) is 5.75 Å². The highest BCUT2D eigenvalue weighted by Gasteiger charge is 2.08. The fourth-order valence-corrected chi connectivity index (χ4v) is 2.35. The second kappa shape index (κ2) is 7.49. The molecule has 5 nitrogen and oxygen atoms in total. The molecular weight excluding hydrogens is 316 g/mol. The average molecular weight is 334 g/mol. The lowest BCUT2D eigenvalue weighted by Gasteiger charge is -2.09. The lowest BCUT2D eigenvalue weighted by Crippen LogP contribution is -2.43. The zero-order valence-electron chi connectivity index (χ0n) is 13.8. The van der Waals surface area contributed by atoms with E-state index in [1.54, 1.807) is 18.2 Å². The molecule has 0 aromatic heterocycles. The van der Waals surface area contributed by atoms with E-state index in [4.69, 9.17) is 4.74 Å². The lowest BCUT2D eigenvalue weighted by molar-refractivity contribution is -0.123. The number of carbonyl (C=O) groups is 2. The van der Waals surface area contributed by atoms with E-state index in [1.165, 1.54) is 0 Å². The second-order valence-electron chi connectivity index (χ2n) is 5.67. The third-order valence-corrected chi connectivity index (χ3v) is 3.72. The molecule has 0 saturated carbocycles. The molecule has 0 unspecified atom stereocenters. The van der Waals surface area contributed by atoms with Gasteiger partial charge >= 0.3 is 0 Å². The summed E-state index contributed by atoms with van der Waals surface area (Å²) in [7, 11) is 0. The fraction of sp³-hybridized carbons (Fsp3) is 0.100. The van der Waals surface area contributed by atoms with Crippen molar-refractivity contribution in [2.24, 2.45) is 0 Å². The zero-order chi connectivity index (χ0) is 17.6. The van der Waals surface area contributed by atoms with Crippen molar-refractivity contribution >= 4 is 22.6 Å². The average Bonchev–Trinajstić information content (AvgIpc) is 2.65. The molecule has 0 aliphatic heterocycles. The van der Waals surface area contributed by atoms with Crippen LogP contribution in [0.4, 0.5) is 0 Å². The van der Waals surface area contributed by atoms with Crippen LogP contribution in [0.3, 0.4) is 0 Å². The summed E-state index contributed by atoms with van der Waals surface area (Å²) in [5.41, 5.74) is 6.24. The summed E-state index contributed by atoms with van der Waals surface area (Å²) in [5.74, 6) is -0.216. The highest BCUT2D eigenvalue weighted by atomic mass is 16.5. The predicted molar refractivity (Wildman–Crippen MR) is 96.2 cm³/mol. The van der Waals surface area contributed by atoms with Gasteiger partial charge in [-0.25, -0.2) is 0 Å². The van der Waals surface area contributed by atoms with Crippen LogP contribution in [-0.2, 0) is 4.79 Å². The maximum atomic E-state index is 11.9. The van der Waals surface area contributed by atoms with Crippen LogP contribution in [0.2, 0.25) is 0 Å². The van der Waals surface area contributed by atoms with Gasteiger partial charge in [-0.3, -0.25) is 20.4 Å². The Morgan fingerprint density at radius 1 is 0.880 bits per heavy atom. The SMILES string of the molecule is Cc1ccc(C(=O)NNC(=O)COc2ccc3ccccc3c2)cc1. The molecule has 25 heavy (non-hydrogen) atoms. The smallest absolute Gasteiger partial charge is 0.276 e. The molecule has 0 bridgehead atoms. The highest BCUT2D eigenvalue weighted by molar-refractivity contribution is 5.95. The van der Waals surface area contributed by atoms with E-state index < -0.39 is 5.91 Å². The van der Waals surface area contributed by atoms with Gasteiger partial charge in [0.1, 0.15) is 5.75 Å². The minimum absolute atomic E-state index is 0.188. The number of amides is 2. The van der Waals surface area contributed by atoms with Crippen LogP contribution in [0.5, 0.6) is 5.75 Å². The van der Waals surface area contributed by atoms with Gasteiger partial charge < -0.3 is 4.74 Å². The van der Waals surface area contributed by atoms with Crippen molar-refractivity contribution in [1.29, 1.82) is 0 Å². The number of nitrogens with one attached hydrogen (secondary N) is 2. The van der Waals surface area contributed by atoms with Crippen molar-refractivity contribution in [2.45, 2.75) is 6.92 Å². The summed E-state index contributed by atoms with van der Waals surface area (Å²) >= 11 is 0. The summed E-state index contributed by atoms with van der Waals surface area (Å²) in [6, 6.07) is 20.6. The van der Waals surface area contributed by atoms with E-state index in [1.807, 2.05) is 55.5 Å². The Bertz CT molecular complexity index is 904. The molecule has 126 valence electrons. The Morgan fingerprint density at radius 2 is 1.60 bits per heavy atom. The van der Waals surface area contributed by atoms with Gasteiger partial charge in [-0.15, -0.1) is 0 Å². The number of ether oxygens (including phenoxy) is 1. The summed E-state index contributed by atoms with van der Waals surface area (Å²) in [5, 5.41) is 2.14. The van der Waals surface area contributed by atoms with Crippen LogP contribution in [0.15, 0.2) is 66.7 Å². The quantitative estimate of drug-likeness (QED) is 0.721. The largest absolute Gasteiger partial charge is 0.484 e. The van der Waals surface area contributed by atoms with E-state index >= 15 is 0 Å². The highest BCUT2D eigenvalue weighted by Crippen LogP contribution is 2.20. The Labute approximate surface area is 145 Å². The molecule has 2 N–H and O–H groups in total. The van der Waals surface area contributed by atoms with Crippen LogP contribution in [0.1, 0.15) is 15.9 Å². The molecule has 0 fully saturated rings. The van der Waals surface area contributed by atoms with Gasteiger partial charge in [0.05, 0.1) is 0 Å². The molecule has 0 aliphatic rings. The Morgan fingerprint density at radius 3 is 2.36 bits per heavy atom. The normalized spacial score (nSPS) is 10.3. The first-order valence-corrected chi connectivity index (χ1v) is 7.89. The molecule has 2 amide bonds. The van der Waals surface area contributed by atoms with Crippen LogP contribution < -0.4 is 15.6 Å². The van der Waals surface area contributed by atoms with E-state index in [0.717, 1.165) is 16.3 Å². The molecule has 0 spiro atoms. The number of hydrogen-bond donors (Lipinski definition) is 2. The first kappa shape index (κ1) is 16.5. The maximum Gasteiger partial charge on any atom is 0.276 e. The summed E-state index contributed by atoms with van der Waals surface area (Å²) in [4.78, 5) is 23.7. The van der Waals surface area contributed by atoms with Gasteiger partial charge in [0.15, 0.2) is 6.61 Å². The number of carbonyl (C=O) groups excluding carboxylic acids is 2. The van der Waals surface area contributed by atoms with E-state index in [2.05, 4.69) is 10.9 Å². The number of hydrazine groups is 1. The molecule has 3 aromatic carbocycles. The van der Waals surface area contributed by atoms with Crippen LogP contribution in [-0.4, -0.2) is 18.4 Å². The minimum Gasteiger partial charge on any atom is -0.484 e. The van der Waals surface area contributed by atoms with Crippen molar-refractivity contribution in [3.05, 3.63) is 77.9 Å². The molecule has 5 heteroatoms. The molecule has 3 rings (SSSR count). The van der Waals surface area contributed by atoms with Gasteiger partial charge in [0.25, 0.3) is 11.8 Å². The number of fused-ring (bicyclic) bond motifs is 1. The monoisotopic (exact) mass is 334 g/mol. The van der Waals surface area contributed by atoms with Crippen molar-refractivity contribution in [3.63, 3.8) is 0 Å². The molecule has 0 radical (unpaired) electrons. The second-order valence-corrected chi connectivity index (χ2v) is 5.67. The summed E-state index contributed by atoms with van der Waals surface area (Å²) in [6.45, 7) is 1.75. The minimum atomic E-state index is -0.436. The van der Waals surface area contributed by atoms with E-state index in [0.29, 0.717) is 11.3 Å². The fourth-order valence-electron chi connectivity index (χ4n) is 2.35. The van der Waals surface area contributed by atoms with Crippen molar-refractivity contribution < 1.29 is 14.3 Å². The summed E-state index contributed by atoms with van der Waals surface area (Å²) in [6.07, 6.45) is 0. The number of hydrogen-bond acceptors (Lipinski definition) is 3. The number of benzene rings is 3. The third-order valence-electron chi connectivity index (χ3n) is 3.72. The van der Waals surface area contributed by atoms with Gasteiger partial charge in [-0.2, -0.15) is 0 Å². The molecule has 3 aromatic rings. The van der Waals surface area contributed by atoms with Crippen molar-refractivity contribution in [1.82, 2.24) is 10.9 Å². The topological polar surface area (TPSA) is 67.4 Å². The van der Waals surface area contributed by atoms with E-state index in [9.17, 15) is 9.59 Å². The summed E-state index contributed by atoms with van der Waals surface area (Å²) < 4.78 is 5.47. The van der Waals surface area contributed by atoms with Crippen LogP contribution in [0, 0.1) is 6.92 Å². The van der Waals surface area contributed by atoms with Gasteiger partial charge in [0.2, 0.25) is 0 Å². The zero-order valence-corrected chi connectivity index (χ0v) is 13.8. The van der Waals surface area contributed by atoms with Gasteiger partial charge in [0, 0.05) is 5.56 Å². The van der Waals surface area contributed by atoms with Crippen LogP contribution >= 0.6 is 0 Å². The maximum absolute atomic E-state index is 11.9. The first-order valence-electron chi connectivity index (χ1n) is 7.89. The predicted octanol–water partition coefficient (Wildman–Crippen LogP) is 2.99. The Hall–Kier alpha value is -3.34. The van der Waals surface area contributed by atoms with Gasteiger partial charge in [-0.05, 0) is 42.0 Å². The van der Waals surface area contributed by atoms with Gasteiger partial charge in [-0.1, -0.05) is 48.0 Å². The standard InChI is InChI=1S/C20H18N2O3/c1-14-6-8-16(9-7-14)20(24)22-21-19(23)13-25-18-11-10-15-4-2-3-5-17(15)12-18/h2-12H,13H2,1H3,(H,21,23)(H,22,24). The molecule has 0 atom stereocenters. The number of aryl methyl sites for hydroxylation is 1. The Kier molecular flexibility index (Phi) is 4.95. The molecule has 0 saturated heterocycles. The first-order chi connectivity index (χ1) is 12.1. The number of rotatable bonds is 4. The molecular formula is C20H18N2O3. The van der Waals surface area contributed by atoms with Crippen LogP contribution in [0.25, 0.3) is 10.8 Å². The molecule has 0 heterocycles. The van der Waals surface area contributed by atoms with Crippen molar-refractivity contribution in [2.75, 3.05) is 6.61 Å². The Balaban J connectivity index is 1.50. The third kappa shape index (κ3) is 4.35. The molecule has 0 aliphatic carbocycles. The lowest BCUT2D eigenvalue weighted by atomic mass is 10.1. The van der Waals surface area contributed by atoms with E-state index in [-0.39, 0.29) is 12.5 Å².